The minimum Gasteiger partial charge on any atom is -0.462 e. The number of carbonyl (C=O) groups is 3. The van der Waals surface area contributed by atoms with Crippen LogP contribution in [0, 0.1) is 5.92 Å². The lowest BCUT2D eigenvalue weighted by atomic mass is 9.94. The number of anilines is 1. The number of halogens is 2. The molecule has 0 bridgehead atoms. The molecule has 1 atom stereocenters. The molecule has 7 nitrogen and oxygen atoms in total. The van der Waals surface area contributed by atoms with Gasteiger partial charge in [0.25, 0.3) is 5.91 Å². The molecule has 0 aliphatic carbocycles. The smallest absolute Gasteiger partial charge is 0.338 e. The highest BCUT2D eigenvalue weighted by Gasteiger charge is 2.36. The average Bonchev–Trinajstić information content (AvgIpc) is 2.80. The van der Waals surface area contributed by atoms with Crippen LogP contribution in [0.3, 0.4) is 0 Å². The normalized spacial score (nSPS) is 15.8. The van der Waals surface area contributed by atoms with Crippen molar-refractivity contribution < 1.29 is 19.1 Å². The number of benzene rings is 2. The van der Waals surface area contributed by atoms with Gasteiger partial charge in [-0.2, -0.15) is 0 Å². The number of rotatable bonds is 8. The third kappa shape index (κ3) is 6.35. The summed E-state index contributed by atoms with van der Waals surface area (Å²) in [6.45, 7) is 8.42. The maximum atomic E-state index is 13.0. The minimum atomic E-state index is -0.675. The van der Waals surface area contributed by atoms with Crippen molar-refractivity contribution in [3.8, 4) is 0 Å². The number of esters is 1. The fourth-order valence-corrected chi connectivity index (χ4v) is 4.23. The first-order chi connectivity index (χ1) is 16.6. The first-order valence-corrected chi connectivity index (χ1v) is 12.2. The molecule has 2 aromatic rings. The highest BCUT2D eigenvalue weighted by Crippen LogP contribution is 2.32. The molecule has 9 heteroatoms. The molecule has 1 heterocycles. The van der Waals surface area contributed by atoms with Crippen LogP contribution < -0.4 is 10.6 Å². The largest absolute Gasteiger partial charge is 0.462 e. The minimum absolute atomic E-state index is 0.181. The van der Waals surface area contributed by atoms with Gasteiger partial charge >= 0.3 is 12.0 Å². The van der Waals surface area contributed by atoms with Crippen molar-refractivity contribution in [1.29, 1.82) is 0 Å². The summed E-state index contributed by atoms with van der Waals surface area (Å²) in [5, 5.41) is 6.40. The van der Waals surface area contributed by atoms with Crippen LogP contribution in [0.1, 0.15) is 56.1 Å². The van der Waals surface area contributed by atoms with Gasteiger partial charge in [-0.1, -0.05) is 56.1 Å². The number of hydrogen-bond donors (Lipinski definition) is 2. The van der Waals surface area contributed by atoms with E-state index in [4.69, 9.17) is 27.9 Å². The van der Waals surface area contributed by atoms with Crippen molar-refractivity contribution in [1.82, 2.24) is 10.2 Å². The number of amides is 3. The molecule has 1 aliphatic rings. The van der Waals surface area contributed by atoms with Gasteiger partial charge in [0.05, 0.1) is 28.8 Å². The molecular weight excluding hydrogens is 489 g/mol. The number of urea groups is 1. The third-order valence-corrected chi connectivity index (χ3v) is 6.04. The standard InChI is InChI=1S/C26H29Cl2N3O4/c1-5-12-31-16(4)22(25(33)35-14-15(2)3)23(30-26(31)34)17-6-9-19(10-7-17)29-24(32)20-11-8-18(27)13-21(20)28/h6-11,13,15,23H,5,12,14H2,1-4H3,(H,29,32)(H,30,34). The second-order valence-corrected chi connectivity index (χ2v) is 9.57. The average molecular weight is 518 g/mol. The Morgan fingerprint density at radius 1 is 1.14 bits per heavy atom. The number of allylic oxidation sites excluding steroid dienone is 1. The summed E-state index contributed by atoms with van der Waals surface area (Å²) >= 11 is 12.0. The number of ether oxygens (including phenoxy) is 1. The summed E-state index contributed by atoms with van der Waals surface area (Å²) in [5.74, 6) is -0.661. The molecule has 1 aliphatic heterocycles. The zero-order chi connectivity index (χ0) is 25.7. The Hall–Kier alpha value is -3.03. The molecule has 0 saturated heterocycles. The number of hydrogen-bond acceptors (Lipinski definition) is 4. The molecule has 0 spiro atoms. The zero-order valence-electron chi connectivity index (χ0n) is 20.2. The van der Waals surface area contributed by atoms with Gasteiger partial charge in [0, 0.05) is 23.0 Å². The molecule has 1 unspecified atom stereocenters. The topological polar surface area (TPSA) is 87.7 Å². The molecule has 2 N–H and O–H groups in total. The van der Waals surface area contributed by atoms with E-state index in [0.29, 0.717) is 39.7 Å². The van der Waals surface area contributed by atoms with Gasteiger partial charge in [0.15, 0.2) is 0 Å². The van der Waals surface area contributed by atoms with Gasteiger partial charge in [0.1, 0.15) is 0 Å². The molecule has 0 radical (unpaired) electrons. The number of nitrogens with zero attached hydrogens (tertiary/aromatic N) is 1. The molecule has 0 fully saturated rings. The van der Waals surface area contributed by atoms with E-state index in [9.17, 15) is 14.4 Å². The van der Waals surface area contributed by atoms with Crippen molar-refractivity contribution in [2.75, 3.05) is 18.5 Å². The molecule has 2 aromatic carbocycles. The third-order valence-electron chi connectivity index (χ3n) is 5.49. The van der Waals surface area contributed by atoms with E-state index >= 15 is 0 Å². The van der Waals surface area contributed by atoms with E-state index in [-0.39, 0.29) is 29.5 Å². The second-order valence-electron chi connectivity index (χ2n) is 8.73. The van der Waals surface area contributed by atoms with Gasteiger partial charge in [0.2, 0.25) is 0 Å². The van der Waals surface area contributed by atoms with Crippen molar-refractivity contribution in [2.45, 2.75) is 40.2 Å². The second kappa shape index (κ2) is 11.6. The van der Waals surface area contributed by atoms with Gasteiger partial charge in [-0.25, -0.2) is 9.59 Å². The number of carbonyl (C=O) groups excluding carboxylic acids is 3. The van der Waals surface area contributed by atoms with Crippen molar-refractivity contribution in [3.05, 3.63) is 74.9 Å². The Bertz CT molecular complexity index is 1150. The van der Waals surface area contributed by atoms with E-state index in [1.807, 2.05) is 20.8 Å². The van der Waals surface area contributed by atoms with Gasteiger partial charge in [-0.3, -0.25) is 9.69 Å². The lowest BCUT2D eigenvalue weighted by molar-refractivity contribution is -0.140. The Morgan fingerprint density at radius 2 is 1.83 bits per heavy atom. The van der Waals surface area contributed by atoms with Crippen LogP contribution in [0.5, 0.6) is 0 Å². The maximum Gasteiger partial charge on any atom is 0.338 e. The fraction of sp³-hybridized carbons (Fsp3) is 0.346. The fourth-order valence-electron chi connectivity index (χ4n) is 3.74. The lowest BCUT2D eigenvalue weighted by Gasteiger charge is -2.35. The monoisotopic (exact) mass is 517 g/mol. The van der Waals surface area contributed by atoms with Crippen LogP contribution >= 0.6 is 23.2 Å². The first kappa shape index (κ1) is 26.6. The van der Waals surface area contributed by atoms with Gasteiger partial charge < -0.3 is 15.4 Å². The molecule has 3 rings (SSSR count). The van der Waals surface area contributed by atoms with Gasteiger partial charge in [-0.05, 0) is 55.2 Å². The van der Waals surface area contributed by atoms with Crippen LogP contribution in [0.4, 0.5) is 10.5 Å². The summed E-state index contributed by atoms with van der Waals surface area (Å²) < 4.78 is 5.52. The SMILES string of the molecule is CCCN1C(=O)NC(c2ccc(NC(=O)c3ccc(Cl)cc3Cl)cc2)C(C(=O)OCC(C)C)=C1C. The quantitative estimate of drug-likeness (QED) is 0.408. The molecule has 35 heavy (non-hydrogen) atoms. The highest BCUT2D eigenvalue weighted by atomic mass is 35.5. The molecule has 0 saturated carbocycles. The van der Waals surface area contributed by atoms with Crippen molar-refractivity contribution in [2.24, 2.45) is 5.92 Å². The van der Waals surface area contributed by atoms with Crippen LogP contribution in [-0.2, 0) is 9.53 Å². The molecule has 0 aromatic heterocycles. The molecular formula is C26H29Cl2N3O4. The molecule has 3 amide bonds. The summed E-state index contributed by atoms with van der Waals surface area (Å²) in [6, 6.07) is 10.6. The Morgan fingerprint density at radius 3 is 2.43 bits per heavy atom. The first-order valence-electron chi connectivity index (χ1n) is 11.4. The Kier molecular flexibility index (Phi) is 8.81. The van der Waals surface area contributed by atoms with Gasteiger partial charge in [-0.15, -0.1) is 0 Å². The van der Waals surface area contributed by atoms with E-state index < -0.39 is 12.0 Å². The van der Waals surface area contributed by atoms with E-state index in [1.165, 1.54) is 6.07 Å². The van der Waals surface area contributed by atoms with Crippen molar-refractivity contribution >= 4 is 46.8 Å². The van der Waals surface area contributed by atoms with Crippen LogP contribution in [-0.4, -0.2) is 36.0 Å². The zero-order valence-corrected chi connectivity index (χ0v) is 21.7. The maximum absolute atomic E-state index is 13.0. The summed E-state index contributed by atoms with van der Waals surface area (Å²) in [6.07, 6.45) is 0.746. The highest BCUT2D eigenvalue weighted by molar-refractivity contribution is 6.37. The van der Waals surface area contributed by atoms with Crippen LogP contribution in [0.25, 0.3) is 0 Å². The summed E-state index contributed by atoms with van der Waals surface area (Å²) in [7, 11) is 0. The van der Waals surface area contributed by atoms with Crippen molar-refractivity contribution in [3.63, 3.8) is 0 Å². The number of nitrogens with one attached hydrogen (secondary N) is 2. The predicted molar refractivity (Wildman–Crippen MR) is 138 cm³/mol. The van der Waals surface area contributed by atoms with E-state index in [1.54, 1.807) is 48.2 Å². The Balaban J connectivity index is 1.86. The van der Waals surface area contributed by atoms with E-state index in [2.05, 4.69) is 10.6 Å². The predicted octanol–water partition coefficient (Wildman–Crippen LogP) is 6.20. The summed E-state index contributed by atoms with van der Waals surface area (Å²) in [5.41, 5.74) is 2.48. The van der Waals surface area contributed by atoms with Crippen LogP contribution in [0.15, 0.2) is 53.7 Å². The van der Waals surface area contributed by atoms with Crippen LogP contribution in [0.2, 0.25) is 10.0 Å². The van der Waals surface area contributed by atoms with E-state index in [0.717, 1.165) is 6.42 Å². The summed E-state index contributed by atoms with van der Waals surface area (Å²) in [4.78, 5) is 40.0. The molecule has 186 valence electrons. The Labute approximate surface area is 215 Å². The lowest BCUT2D eigenvalue weighted by Crippen LogP contribution is -2.48.